The predicted molar refractivity (Wildman–Crippen MR) is 97.9 cm³/mol. The molecule has 0 amide bonds. The molecule has 0 aromatic heterocycles. The molecule has 0 saturated carbocycles. The van der Waals surface area contributed by atoms with E-state index in [1.54, 1.807) is 0 Å². The minimum Gasteiger partial charge on any atom is -0.799 e. The van der Waals surface area contributed by atoms with E-state index < -0.39 is 7.37 Å². The van der Waals surface area contributed by atoms with E-state index in [1.807, 2.05) is 0 Å². The van der Waals surface area contributed by atoms with Crippen LogP contribution in [0.3, 0.4) is 0 Å². The maximum atomic E-state index is 11.0. The Hall–Kier alpha value is 0.190. The van der Waals surface area contributed by atoms with Crippen LogP contribution in [0.25, 0.3) is 0 Å². The zero-order valence-corrected chi connectivity index (χ0v) is 16.2. The Morgan fingerprint density at radius 1 is 0.591 bits per heavy atom. The number of hydrogen-bond acceptors (Lipinski definition) is 2. The van der Waals surface area contributed by atoms with Crippen molar-refractivity contribution >= 4 is 7.37 Å². The Morgan fingerprint density at radius 3 is 1.14 bits per heavy atom. The van der Waals surface area contributed by atoms with Gasteiger partial charge in [0.25, 0.3) is 0 Å². The highest BCUT2D eigenvalue weighted by atomic mass is 31.2. The third-order valence-corrected chi connectivity index (χ3v) is 5.55. The standard InChI is InChI=1S/C19H41O2P/c1-3-4-5-6-7-8-9-10-11-12-13-14-15-16-17-18-19-22(2,20)21/h3-19H2,1-2H3,(H,20,21)/p-1. The molecule has 2 nitrogen and oxygen atoms in total. The van der Waals surface area contributed by atoms with Crippen molar-refractivity contribution in [2.24, 2.45) is 0 Å². The quantitative estimate of drug-likeness (QED) is 0.225. The van der Waals surface area contributed by atoms with Crippen LogP contribution in [-0.2, 0) is 4.57 Å². The van der Waals surface area contributed by atoms with Crippen molar-refractivity contribution in [3.63, 3.8) is 0 Å². The van der Waals surface area contributed by atoms with Gasteiger partial charge < -0.3 is 9.46 Å². The monoisotopic (exact) mass is 331 g/mol. The van der Waals surface area contributed by atoms with Gasteiger partial charge in [0.15, 0.2) is 0 Å². The van der Waals surface area contributed by atoms with E-state index >= 15 is 0 Å². The van der Waals surface area contributed by atoms with Crippen molar-refractivity contribution in [2.45, 2.75) is 110 Å². The second-order valence-corrected chi connectivity index (χ2v) is 9.52. The molecule has 0 aliphatic carbocycles. The van der Waals surface area contributed by atoms with Gasteiger partial charge in [0.1, 0.15) is 0 Å². The van der Waals surface area contributed by atoms with Crippen LogP contribution in [0.5, 0.6) is 0 Å². The molecule has 1 atom stereocenters. The summed E-state index contributed by atoms with van der Waals surface area (Å²) in [6.07, 6.45) is 21.7. The molecule has 0 N–H and O–H groups in total. The molecule has 0 aliphatic rings. The van der Waals surface area contributed by atoms with Crippen LogP contribution < -0.4 is 4.89 Å². The largest absolute Gasteiger partial charge is 0.799 e. The van der Waals surface area contributed by atoms with Gasteiger partial charge in [-0.3, -0.25) is 0 Å². The van der Waals surface area contributed by atoms with Gasteiger partial charge in [-0.05, 0) is 19.2 Å². The van der Waals surface area contributed by atoms with E-state index in [2.05, 4.69) is 6.92 Å². The summed E-state index contributed by atoms with van der Waals surface area (Å²) in [4.78, 5) is 11.0. The molecule has 22 heavy (non-hydrogen) atoms. The van der Waals surface area contributed by atoms with E-state index in [0.29, 0.717) is 6.16 Å². The van der Waals surface area contributed by atoms with Crippen LogP contribution in [0.1, 0.15) is 110 Å². The Kier molecular flexibility index (Phi) is 16.2. The van der Waals surface area contributed by atoms with E-state index in [0.717, 1.165) is 12.8 Å². The highest BCUT2D eigenvalue weighted by Crippen LogP contribution is 2.31. The molecular weight excluding hydrogens is 291 g/mol. The molecule has 0 heterocycles. The van der Waals surface area contributed by atoms with E-state index in [9.17, 15) is 9.46 Å². The lowest BCUT2D eigenvalue weighted by molar-refractivity contribution is -0.173. The van der Waals surface area contributed by atoms with Crippen LogP contribution in [0.15, 0.2) is 0 Å². The van der Waals surface area contributed by atoms with Crippen molar-refractivity contribution < 1.29 is 9.46 Å². The zero-order chi connectivity index (χ0) is 16.5. The molecule has 3 heteroatoms. The lowest BCUT2D eigenvalue weighted by atomic mass is 10.0. The highest BCUT2D eigenvalue weighted by Gasteiger charge is 1.98. The Labute approximate surface area is 139 Å². The fourth-order valence-electron chi connectivity index (χ4n) is 2.95. The summed E-state index contributed by atoms with van der Waals surface area (Å²) in [6.45, 7) is 3.63. The number of hydrogen-bond donors (Lipinski definition) is 0. The summed E-state index contributed by atoms with van der Waals surface area (Å²) >= 11 is 0. The third-order valence-electron chi connectivity index (χ3n) is 4.42. The predicted octanol–water partition coefficient (Wildman–Crippen LogP) is 6.52. The Bertz CT molecular complexity index is 260. The van der Waals surface area contributed by atoms with Crippen molar-refractivity contribution in [2.75, 3.05) is 12.8 Å². The minimum absolute atomic E-state index is 0.394. The van der Waals surface area contributed by atoms with Crippen molar-refractivity contribution in [3.8, 4) is 0 Å². The van der Waals surface area contributed by atoms with Gasteiger partial charge in [-0.2, -0.15) is 0 Å². The van der Waals surface area contributed by atoms with Gasteiger partial charge in [-0.15, -0.1) is 0 Å². The third kappa shape index (κ3) is 20.2. The van der Waals surface area contributed by atoms with Gasteiger partial charge in [-0.1, -0.05) is 103 Å². The second kappa shape index (κ2) is 16.1. The SMILES string of the molecule is CCCCCCCCCCCCCCCCCCP(C)(=O)[O-]. The maximum absolute atomic E-state index is 11.0. The molecule has 0 bridgehead atoms. The van der Waals surface area contributed by atoms with Crippen LogP contribution in [0.2, 0.25) is 0 Å². The second-order valence-electron chi connectivity index (χ2n) is 7.04. The van der Waals surface area contributed by atoms with Crippen molar-refractivity contribution in [1.29, 1.82) is 0 Å². The first-order valence-corrected chi connectivity index (χ1v) is 12.1. The molecule has 0 spiro atoms. The molecule has 0 radical (unpaired) electrons. The first-order valence-electron chi connectivity index (χ1n) is 9.84. The summed E-state index contributed by atoms with van der Waals surface area (Å²) in [5, 5.41) is 0. The molecular formula is C19H40O2P-. The van der Waals surface area contributed by atoms with Gasteiger partial charge >= 0.3 is 0 Å². The molecule has 0 saturated heterocycles. The zero-order valence-electron chi connectivity index (χ0n) is 15.3. The first kappa shape index (κ1) is 22.2. The van der Waals surface area contributed by atoms with Crippen LogP contribution in [0, 0.1) is 0 Å². The molecule has 0 aromatic carbocycles. The average molecular weight is 332 g/mol. The number of rotatable bonds is 17. The summed E-state index contributed by atoms with van der Waals surface area (Å²) < 4.78 is 11.0. The molecule has 134 valence electrons. The lowest BCUT2D eigenvalue weighted by Crippen LogP contribution is -2.02. The number of unbranched alkanes of at least 4 members (excludes halogenated alkanes) is 15. The van der Waals surface area contributed by atoms with Gasteiger partial charge in [0, 0.05) is 7.37 Å². The van der Waals surface area contributed by atoms with Gasteiger partial charge in [-0.25, -0.2) is 0 Å². The summed E-state index contributed by atoms with van der Waals surface area (Å²) in [7, 11) is -3.00. The van der Waals surface area contributed by atoms with Gasteiger partial charge in [0.05, 0.1) is 0 Å². The summed E-state index contributed by atoms with van der Waals surface area (Å²) in [5.41, 5.74) is 0. The fourth-order valence-corrected chi connectivity index (χ4v) is 3.75. The van der Waals surface area contributed by atoms with Crippen LogP contribution >= 0.6 is 7.37 Å². The van der Waals surface area contributed by atoms with Crippen molar-refractivity contribution in [1.82, 2.24) is 0 Å². The normalized spacial score (nSPS) is 14.1. The molecule has 0 rings (SSSR count). The van der Waals surface area contributed by atoms with E-state index in [-0.39, 0.29) is 0 Å². The summed E-state index contributed by atoms with van der Waals surface area (Å²) in [5.74, 6) is 0. The van der Waals surface area contributed by atoms with Crippen LogP contribution in [0.4, 0.5) is 0 Å². The van der Waals surface area contributed by atoms with Crippen LogP contribution in [-0.4, -0.2) is 12.8 Å². The highest BCUT2D eigenvalue weighted by molar-refractivity contribution is 7.55. The van der Waals surface area contributed by atoms with E-state index in [1.165, 1.54) is 96.6 Å². The summed E-state index contributed by atoms with van der Waals surface area (Å²) in [6, 6.07) is 0. The molecule has 0 fully saturated rings. The maximum Gasteiger partial charge on any atom is 0.0118 e. The molecule has 0 aliphatic heterocycles. The van der Waals surface area contributed by atoms with Gasteiger partial charge in [0.2, 0.25) is 0 Å². The average Bonchev–Trinajstić information content (AvgIpc) is 2.45. The topological polar surface area (TPSA) is 40.1 Å². The lowest BCUT2D eigenvalue weighted by Gasteiger charge is -2.16. The van der Waals surface area contributed by atoms with Crippen molar-refractivity contribution in [3.05, 3.63) is 0 Å². The van der Waals surface area contributed by atoms with E-state index in [4.69, 9.17) is 0 Å². The molecule has 1 unspecified atom stereocenters. The minimum atomic E-state index is -3.00. The first-order chi connectivity index (χ1) is 10.6. The smallest absolute Gasteiger partial charge is 0.0118 e. The molecule has 0 aromatic rings. The Morgan fingerprint density at radius 2 is 0.864 bits per heavy atom. The Balaban J connectivity index is 3.01. The fraction of sp³-hybridized carbons (Fsp3) is 1.00.